The van der Waals surface area contributed by atoms with Crippen LogP contribution in [0.4, 0.5) is 0 Å². The lowest BCUT2D eigenvalue weighted by Gasteiger charge is -2.47. The molecule has 0 aliphatic carbocycles. The van der Waals surface area contributed by atoms with E-state index in [0.717, 1.165) is 5.56 Å². The molecule has 0 radical (unpaired) electrons. The minimum atomic E-state index is -1.62. The van der Waals surface area contributed by atoms with Gasteiger partial charge in [0, 0.05) is 17.7 Å². The van der Waals surface area contributed by atoms with E-state index in [-0.39, 0.29) is 12.5 Å². The number of hydrogen-bond donors (Lipinski definition) is 1. The molecule has 4 nitrogen and oxygen atoms in total. The summed E-state index contributed by atoms with van der Waals surface area (Å²) in [5, 5.41) is 11.6. The minimum absolute atomic E-state index is 0.123. The smallest absolute Gasteiger partial charge is 0.254 e. The highest BCUT2D eigenvalue weighted by Gasteiger charge is 2.48. The van der Waals surface area contributed by atoms with Gasteiger partial charge in [0.1, 0.15) is 6.04 Å². The van der Waals surface area contributed by atoms with Crippen molar-refractivity contribution in [1.29, 1.82) is 0 Å². The monoisotopic (exact) mass is 359 g/mol. The average Bonchev–Trinajstić information content (AvgIpc) is 2.75. The molecule has 0 bridgehead atoms. The van der Waals surface area contributed by atoms with Crippen LogP contribution in [-0.2, 0) is 10.5 Å². The fourth-order valence-corrected chi connectivity index (χ4v) is 3.64. The lowest BCUT2D eigenvalue weighted by Crippen LogP contribution is -2.54. The van der Waals surface area contributed by atoms with Gasteiger partial charge in [-0.2, -0.15) is 0 Å². The molecule has 0 saturated carbocycles. The van der Waals surface area contributed by atoms with Gasteiger partial charge in [-0.05, 0) is 17.7 Å². The van der Waals surface area contributed by atoms with Crippen molar-refractivity contribution in [3.05, 3.63) is 108 Å². The first-order valence-corrected chi connectivity index (χ1v) is 9.03. The van der Waals surface area contributed by atoms with E-state index in [4.69, 9.17) is 4.74 Å². The molecule has 4 heteroatoms. The summed E-state index contributed by atoms with van der Waals surface area (Å²) in [6.07, 6.45) is 0. The number of aliphatic hydroxyl groups is 1. The molecule has 4 rings (SSSR count). The van der Waals surface area contributed by atoms with E-state index in [1.54, 1.807) is 17.0 Å². The molecule has 3 aromatic carbocycles. The Hall–Kier alpha value is -2.95. The molecule has 0 spiro atoms. The quantitative estimate of drug-likeness (QED) is 0.775. The Morgan fingerprint density at radius 1 is 0.889 bits per heavy atom. The van der Waals surface area contributed by atoms with Crippen molar-refractivity contribution in [2.24, 2.45) is 0 Å². The Morgan fingerprint density at radius 3 is 2.07 bits per heavy atom. The third kappa shape index (κ3) is 3.25. The molecule has 27 heavy (non-hydrogen) atoms. The molecule has 1 N–H and O–H groups in total. The second-order valence-electron chi connectivity index (χ2n) is 6.59. The van der Waals surface area contributed by atoms with E-state index in [2.05, 4.69) is 0 Å². The van der Waals surface area contributed by atoms with Gasteiger partial charge in [-0.15, -0.1) is 0 Å². The molecule has 136 valence electrons. The lowest BCUT2D eigenvalue weighted by atomic mass is 9.89. The summed E-state index contributed by atoms with van der Waals surface area (Å²) in [6.45, 7) is 0.662. The predicted molar refractivity (Wildman–Crippen MR) is 103 cm³/mol. The zero-order valence-corrected chi connectivity index (χ0v) is 14.9. The Labute approximate surface area is 158 Å². The Kier molecular flexibility index (Phi) is 4.75. The molecule has 1 fully saturated rings. The number of nitrogens with zero attached hydrogens (tertiary/aromatic N) is 1. The Balaban J connectivity index is 1.82. The Bertz CT molecular complexity index is 899. The van der Waals surface area contributed by atoms with Crippen LogP contribution in [0.3, 0.4) is 0 Å². The number of hydrogen-bond acceptors (Lipinski definition) is 3. The molecule has 1 saturated heterocycles. The van der Waals surface area contributed by atoms with Gasteiger partial charge in [-0.25, -0.2) is 0 Å². The lowest BCUT2D eigenvalue weighted by molar-refractivity contribution is -0.273. The van der Waals surface area contributed by atoms with Crippen LogP contribution in [0.5, 0.6) is 0 Å². The van der Waals surface area contributed by atoms with Gasteiger partial charge in [0.05, 0.1) is 6.61 Å². The van der Waals surface area contributed by atoms with E-state index < -0.39 is 11.8 Å². The molecule has 3 aromatic rings. The predicted octanol–water partition coefficient (Wildman–Crippen LogP) is 3.75. The highest BCUT2D eigenvalue weighted by molar-refractivity contribution is 5.94. The third-order valence-electron chi connectivity index (χ3n) is 4.92. The summed E-state index contributed by atoms with van der Waals surface area (Å²) in [4.78, 5) is 15.0. The number of ether oxygens (including phenoxy) is 1. The highest BCUT2D eigenvalue weighted by Crippen LogP contribution is 2.43. The number of carbonyl (C=O) groups is 1. The topological polar surface area (TPSA) is 49.8 Å². The van der Waals surface area contributed by atoms with Crippen molar-refractivity contribution in [1.82, 2.24) is 4.90 Å². The van der Waals surface area contributed by atoms with Gasteiger partial charge in [0.2, 0.25) is 5.79 Å². The molecular formula is C23H21NO3. The number of amides is 1. The van der Waals surface area contributed by atoms with Gasteiger partial charge in [-0.3, -0.25) is 4.79 Å². The van der Waals surface area contributed by atoms with Gasteiger partial charge in [0.15, 0.2) is 0 Å². The molecule has 1 aliphatic rings. The highest BCUT2D eigenvalue weighted by atomic mass is 16.6. The normalized spacial score (nSPS) is 22.4. The van der Waals surface area contributed by atoms with Crippen LogP contribution >= 0.6 is 0 Å². The van der Waals surface area contributed by atoms with Gasteiger partial charge in [0.25, 0.3) is 5.91 Å². The van der Waals surface area contributed by atoms with Crippen LogP contribution in [0.25, 0.3) is 0 Å². The van der Waals surface area contributed by atoms with Crippen molar-refractivity contribution < 1.29 is 14.6 Å². The van der Waals surface area contributed by atoms with Crippen LogP contribution < -0.4 is 0 Å². The summed E-state index contributed by atoms with van der Waals surface area (Å²) >= 11 is 0. The molecule has 1 heterocycles. The molecule has 1 aliphatic heterocycles. The number of morpholine rings is 1. The van der Waals surface area contributed by atoms with Crippen LogP contribution in [0, 0.1) is 0 Å². The first-order chi connectivity index (χ1) is 13.2. The summed E-state index contributed by atoms with van der Waals surface area (Å²) in [6, 6.07) is 27.3. The van der Waals surface area contributed by atoms with Crippen LogP contribution in [-0.4, -0.2) is 29.1 Å². The van der Waals surface area contributed by atoms with Gasteiger partial charge >= 0.3 is 0 Å². The van der Waals surface area contributed by atoms with Crippen molar-refractivity contribution in [3.8, 4) is 0 Å². The van der Waals surface area contributed by atoms with Crippen molar-refractivity contribution in [2.45, 2.75) is 11.8 Å². The first kappa shape index (κ1) is 17.5. The van der Waals surface area contributed by atoms with Crippen LogP contribution in [0.1, 0.15) is 27.5 Å². The minimum Gasteiger partial charge on any atom is -0.360 e. The number of carbonyl (C=O) groups excluding carboxylic acids is 1. The Morgan fingerprint density at radius 2 is 1.44 bits per heavy atom. The van der Waals surface area contributed by atoms with E-state index in [1.807, 2.05) is 78.9 Å². The number of benzene rings is 3. The van der Waals surface area contributed by atoms with Gasteiger partial charge in [-0.1, -0.05) is 78.9 Å². The maximum absolute atomic E-state index is 13.3. The van der Waals surface area contributed by atoms with E-state index in [9.17, 15) is 9.90 Å². The molecule has 2 atom stereocenters. The SMILES string of the molecule is O=C(c1ccccc1)N1CCO[C@](O)(c2ccccc2)[C@H]1c1ccccc1. The van der Waals surface area contributed by atoms with Crippen LogP contribution in [0.15, 0.2) is 91.0 Å². The van der Waals surface area contributed by atoms with E-state index >= 15 is 0 Å². The summed E-state index contributed by atoms with van der Waals surface area (Å²) in [7, 11) is 0. The zero-order chi connectivity index (χ0) is 18.7. The van der Waals surface area contributed by atoms with Crippen LogP contribution in [0.2, 0.25) is 0 Å². The number of rotatable bonds is 3. The van der Waals surface area contributed by atoms with Crippen molar-refractivity contribution in [3.63, 3.8) is 0 Å². The van der Waals surface area contributed by atoms with Gasteiger partial charge < -0.3 is 14.7 Å². The second kappa shape index (κ2) is 7.35. The molecule has 1 amide bonds. The average molecular weight is 359 g/mol. The van der Waals surface area contributed by atoms with Crippen molar-refractivity contribution >= 4 is 5.91 Å². The fraction of sp³-hybridized carbons (Fsp3) is 0.174. The maximum atomic E-state index is 13.3. The fourth-order valence-electron chi connectivity index (χ4n) is 3.64. The molecule has 0 unspecified atom stereocenters. The standard InChI is InChI=1S/C23H21NO3/c25-22(19-12-6-2-7-13-19)24-16-17-27-23(26,20-14-8-3-9-15-20)21(24)18-10-4-1-5-11-18/h1-15,21,26H,16-17H2/t21-,23-/m1/s1. The molecule has 0 aromatic heterocycles. The van der Waals surface area contributed by atoms with Crippen molar-refractivity contribution in [2.75, 3.05) is 13.2 Å². The summed E-state index contributed by atoms with van der Waals surface area (Å²) in [5.74, 6) is -1.74. The largest absolute Gasteiger partial charge is 0.360 e. The zero-order valence-electron chi connectivity index (χ0n) is 14.9. The second-order valence-corrected chi connectivity index (χ2v) is 6.59. The van der Waals surface area contributed by atoms with E-state index in [1.165, 1.54) is 0 Å². The third-order valence-corrected chi connectivity index (χ3v) is 4.92. The summed E-state index contributed by atoms with van der Waals surface area (Å²) in [5.41, 5.74) is 2.05. The van der Waals surface area contributed by atoms with E-state index in [0.29, 0.717) is 17.7 Å². The molecular weight excluding hydrogens is 338 g/mol. The summed E-state index contributed by atoms with van der Waals surface area (Å²) < 4.78 is 5.90. The first-order valence-electron chi connectivity index (χ1n) is 9.03. The maximum Gasteiger partial charge on any atom is 0.254 e.